The summed E-state index contributed by atoms with van der Waals surface area (Å²) < 4.78 is 1.69. The van der Waals surface area contributed by atoms with Crippen molar-refractivity contribution in [3.05, 3.63) is 53.3 Å². The number of amides is 1. The average molecular weight is 392 g/mol. The number of piperazine rings is 1. The summed E-state index contributed by atoms with van der Waals surface area (Å²) in [5, 5.41) is 8.22. The molecule has 1 saturated heterocycles. The lowest BCUT2D eigenvalue weighted by Gasteiger charge is -2.38. The third-order valence-electron chi connectivity index (χ3n) is 4.04. The lowest BCUT2D eigenvalue weighted by molar-refractivity contribution is -0.138. The fourth-order valence-corrected chi connectivity index (χ4v) is 3.04. The van der Waals surface area contributed by atoms with E-state index in [1.54, 1.807) is 10.9 Å². The van der Waals surface area contributed by atoms with E-state index in [0.29, 0.717) is 11.6 Å². The van der Waals surface area contributed by atoms with E-state index in [4.69, 9.17) is 11.6 Å². The van der Waals surface area contributed by atoms with Crippen LogP contribution in [0.4, 0.5) is 0 Å². The molecular weight excluding hydrogens is 371 g/mol. The number of nitrogens with zero attached hydrogens (tertiary/aromatic N) is 3. The Balaban J connectivity index is 0.00000144. The number of rotatable bonds is 3. The van der Waals surface area contributed by atoms with Gasteiger partial charge in [0.25, 0.3) is 0 Å². The fraction of sp³-hybridized carbons (Fsp3) is 0.375. The van der Waals surface area contributed by atoms with Gasteiger partial charge in [-0.25, -0.2) is 0 Å². The summed E-state index contributed by atoms with van der Waals surface area (Å²) >= 11 is 6.10. The maximum atomic E-state index is 12.9. The molecule has 0 saturated carbocycles. The van der Waals surface area contributed by atoms with E-state index in [0.717, 1.165) is 18.7 Å². The van der Waals surface area contributed by atoms with Crippen LogP contribution in [0.2, 0.25) is 5.02 Å². The van der Waals surface area contributed by atoms with Gasteiger partial charge in [0.15, 0.2) is 0 Å². The predicted octanol–water partition coefficient (Wildman–Crippen LogP) is 3.11. The van der Waals surface area contributed by atoms with Crippen molar-refractivity contribution < 1.29 is 4.79 Å². The maximum absolute atomic E-state index is 12.9. The number of nitrogens with one attached hydrogen (secondary N) is 1. The van der Waals surface area contributed by atoms with Gasteiger partial charge in [-0.15, -0.1) is 24.8 Å². The van der Waals surface area contributed by atoms with Crippen LogP contribution in [0, 0.1) is 0 Å². The molecule has 1 amide bonds. The summed E-state index contributed by atoms with van der Waals surface area (Å²) in [5.74, 6) is 0.0789. The van der Waals surface area contributed by atoms with Crippen LogP contribution in [0.25, 0.3) is 0 Å². The Bertz CT molecular complexity index is 651. The molecule has 0 bridgehead atoms. The van der Waals surface area contributed by atoms with Gasteiger partial charge in [0.2, 0.25) is 5.91 Å². The van der Waals surface area contributed by atoms with E-state index >= 15 is 0 Å². The molecule has 1 N–H and O–H groups in total. The summed E-state index contributed by atoms with van der Waals surface area (Å²) in [6.07, 6.45) is 3.51. The molecule has 1 aliphatic heterocycles. The van der Waals surface area contributed by atoms with Gasteiger partial charge in [0.1, 0.15) is 6.04 Å². The third kappa shape index (κ3) is 4.42. The molecule has 132 valence electrons. The zero-order chi connectivity index (χ0) is 15.5. The summed E-state index contributed by atoms with van der Waals surface area (Å²) in [6.45, 7) is 4.10. The van der Waals surface area contributed by atoms with E-state index < -0.39 is 0 Å². The molecule has 8 heteroatoms. The molecule has 2 atom stereocenters. The number of aromatic nitrogens is 2. The number of carbonyl (C=O) groups is 1. The Kier molecular flexibility index (Phi) is 8.03. The molecule has 1 aromatic carbocycles. The summed E-state index contributed by atoms with van der Waals surface area (Å²) in [6, 6.07) is 9.23. The minimum atomic E-state index is -0.310. The van der Waals surface area contributed by atoms with Gasteiger partial charge in [-0.3, -0.25) is 9.48 Å². The number of hydrogen-bond acceptors (Lipinski definition) is 3. The van der Waals surface area contributed by atoms with Crippen LogP contribution in [0.15, 0.2) is 42.7 Å². The van der Waals surface area contributed by atoms with Crippen LogP contribution in [-0.4, -0.2) is 40.2 Å². The second kappa shape index (κ2) is 9.28. The molecule has 24 heavy (non-hydrogen) atoms. The normalized spacial score (nSPS) is 18.2. The highest BCUT2D eigenvalue weighted by Crippen LogP contribution is 2.26. The van der Waals surface area contributed by atoms with Crippen molar-refractivity contribution in [2.75, 3.05) is 19.6 Å². The summed E-state index contributed by atoms with van der Waals surface area (Å²) in [7, 11) is 0. The van der Waals surface area contributed by atoms with Crippen molar-refractivity contribution in [2.24, 2.45) is 0 Å². The lowest BCUT2D eigenvalue weighted by atomic mass is 10.0. The molecular formula is C16H21Cl3N4O. The van der Waals surface area contributed by atoms with Gasteiger partial charge < -0.3 is 10.2 Å². The van der Waals surface area contributed by atoms with Crippen molar-refractivity contribution in [2.45, 2.75) is 19.0 Å². The largest absolute Gasteiger partial charge is 0.331 e. The Hall–Kier alpha value is -1.27. The van der Waals surface area contributed by atoms with Crippen LogP contribution in [0.1, 0.15) is 24.6 Å². The van der Waals surface area contributed by atoms with Gasteiger partial charge in [-0.05, 0) is 30.7 Å². The highest BCUT2D eigenvalue weighted by Gasteiger charge is 2.31. The molecule has 1 fully saturated rings. The van der Waals surface area contributed by atoms with Gasteiger partial charge >= 0.3 is 0 Å². The molecule has 0 aliphatic carbocycles. The fourth-order valence-electron chi connectivity index (χ4n) is 2.84. The first-order valence-electron chi connectivity index (χ1n) is 7.42. The summed E-state index contributed by atoms with van der Waals surface area (Å²) in [4.78, 5) is 14.8. The van der Waals surface area contributed by atoms with Gasteiger partial charge in [-0.2, -0.15) is 5.10 Å². The monoisotopic (exact) mass is 390 g/mol. The van der Waals surface area contributed by atoms with E-state index in [9.17, 15) is 4.79 Å². The zero-order valence-corrected chi connectivity index (χ0v) is 15.7. The molecule has 1 aliphatic rings. The predicted molar refractivity (Wildman–Crippen MR) is 100 cm³/mol. The molecule has 2 aromatic rings. The van der Waals surface area contributed by atoms with Crippen LogP contribution in [0.3, 0.4) is 0 Å². The molecule has 3 rings (SSSR count). The Morgan fingerprint density at radius 2 is 2.17 bits per heavy atom. The van der Waals surface area contributed by atoms with E-state index in [2.05, 4.69) is 10.4 Å². The van der Waals surface area contributed by atoms with Crippen molar-refractivity contribution in [1.82, 2.24) is 20.0 Å². The molecule has 2 heterocycles. The first-order valence-corrected chi connectivity index (χ1v) is 7.80. The lowest BCUT2D eigenvalue weighted by Crippen LogP contribution is -2.50. The molecule has 0 radical (unpaired) electrons. The van der Waals surface area contributed by atoms with E-state index in [1.165, 1.54) is 0 Å². The molecule has 5 nitrogen and oxygen atoms in total. The average Bonchev–Trinajstić information content (AvgIpc) is 3.08. The van der Waals surface area contributed by atoms with Crippen molar-refractivity contribution in [1.29, 1.82) is 0 Å². The Labute approximate surface area is 159 Å². The SMILES string of the molecule is CC(C(=O)N1CCNCC1c1cccc(Cl)c1)n1cccn1.Cl.Cl. The molecule has 2 unspecified atom stereocenters. The quantitative estimate of drug-likeness (QED) is 0.874. The van der Waals surface area contributed by atoms with Crippen molar-refractivity contribution in [3.63, 3.8) is 0 Å². The molecule has 0 spiro atoms. The van der Waals surface area contributed by atoms with Crippen LogP contribution in [0.5, 0.6) is 0 Å². The van der Waals surface area contributed by atoms with Crippen LogP contribution < -0.4 is 5.32 Å². The number of benzene rings is 1. The summed E-state index contributed by atoms with van der Waals surface area (Å²) in [5.41, 5.74) is 1.06. The zero-order valence-electron chi connectivity index (χ0n) is 13.3. The minimum Gasteiger partial charge on any atom is -0.331 e. The first kappa shape index (κ1) is 20.8. The smallest absolute Gasteiger partial charge is 0.247 e. The molecule has 1 aromatic heterocycles. The Morgan fingerprint density at radius 1 is 1.38 bits per heavy atom. The second-order valence-corrected chi connectivity index (χ2v) is 5.91. The van der Waals surface area contributed by atoms with Crippen molar-refractivity contribution in [3.8, 4) is 0 Å². The Morgan fingerprint density at radius 3 is 2.83 bits per heavy atom. The highest BCUT2D eigenvalue weighted by atomic mass is 35.5. The van der Waals surface area contributed by atoms with Crippen LogP contribution >= 0.6 is 36.4 Å². The highest BCUT2D eigenvalue weighted by molar-refractivity contribution is 6.30. The van der Waals surface area contributed by atoms with E-state index in [-0.39, 0.29) is 42.8 Å². The van der Waals surface area contributed by atoms with Crippen LogP contribution in [-0.2, 0) is 4.79 Å². The number of hydrogen-bond donors (Lipinski definition) is 1. The first-order chi connectivity index (χ1) is 10.7. The third-order valence-corrected chi connectivity index (χ3v) is 4.27. The second-order valence-electron chi connectivity index (χ2n) is 5.47. The van der Waals surface area contributed by atoms with Crippen molar-refractivity contribution >= 4 is 42.3 Å². The number of carbonyl (C=O) groups excluding carboxylic acids is 1. The van der Waals surface area contributed by atoms with Gasteiger partial charge in [0, 0.05) is 37.1 Å². The maximum Gasteiger partial charge on any atom is 0.247 e. The minimum absolute atomic E-state index is 0. The topological polar surface area (TPSA) is 50.2 Å². The standard InChI is InChI=1S/C16H19ClN4O.2ClH/c1-12(21-8-3-6-19-21)16(22)20-9-7-18-11-15(20)13-4-2-5-14(17)10-13;;/h2-6,8,10,12,15,18H,7,9,11H2,1H3;2*1H. The van der Waals surface area contributed by atoms with E-state index in [1.807, 2.05) is 48.4 Å². The number of halogens is 3. The van der Waals surface area contributed by atoms with Gasteiger partial charge in [0.05, 0.1) is 6.04 Å². The van der Waals surface area contributed by atoms with Gasteiger partial charge in [-0.1, -0.05) is 23.7 Å².